The van der Waals surface area contributed by atoms with E-state index in [1.165, 1.54) is 89.9 Å². The van der Waals surface area contributed by atoms with Crippen LogP contribution in [0.1, 0.15) is 142 Å². The molecule has 0 fully saturated rings. The molecule has 0 saturated heterocycles. The minimum absolute atomic E-state index is 0. The predicted octanol–water partition coefficient (Wildman–Crippen LogP) is 0.913. The monoisotopic (exact) mass is 560 g/mol. The molecule has 0 aliphatic carbocycles. The maximum Gasteiger partial charge on any atom is 1.00 e. The van der Waals surface area contributed by atoms with Crippen LogP contribution in [0.15, 0.2) is 0 Å². The molecule has 0 N–H and O–H groups in total. The van der Waals surface area contributed by atoms with Gasteiger partial charge in [0.05, 0.1) is 20.2 Å². The van der Waals surface area contributed by atoms with Crippen molar-refractivity contribution in [2.45, 2.75) is 142 Å². The van der Waals surface area contributed by atoms with Gasteiger partial charge >= 0.3 is 80.9 Å². The summed E-state index contributed by atoms with van der Waals surface area (Å²) in [5.41, 5.74) is 0. The molecule has 0 aromatic carbocycles. The molecule has 0 rings (SSSR count). The Kier molecular flexibility index (Phi) is 40.5. The fourth-order valence-electron chi connectivity index (χ4n) is 3.53. The minimum atomic E-state index is -3.98. The second kappa shape index (κ2) is 31.7. The van der Waals surface area contributed by atoms with Crippen LogP contribution in [-0.2, 0) is 20.2 Å². The molecule has 0 atom stereocenters. The van der Waals surface area contributed by atoms with Crippen molar-refractivity contribution in [3.63, 3.8) is 0 Å². The van der Waals surface area contributed by atoms with Crippen molar-refractivity contribution in [1.82, 2.24) is 0 Å². The predicted molar refractivity (Wildman–Crippen MR) is 133 cm³/mol. The molecular weight excluding hydrogens is 510 g/mol. The molecule has 0 aliphatic heterocycles. The first-order chi connectivity index (χ1) is 15.1. The van der Waals surface area contributed by atoms with E-state index >= 15 is 0 Å². The summed E-state index contributed by atoms with van der Waals surface area (Å²) >= 11 is 0. The average Bonchev–Trinajstić information content (AvgIpc) is 2.70. The molecule has 0 amide bonds. The van der Waals surface area contributed by atoms with Gasteiger partial charge in [-0.15, -0.1) is 0 Å². The fourth-order valence-corrected chi connectivity index (χ4v) is 4.65. The van der Waals surface area contributed by atoms with Crippen molar-refractivity contribution in [3.8, 4) is 0 Å². The van der Waals surface area contributed by atoms with Gasteiger partial charge in [-0.25, -0.2) is 16.8 Å². The van der Waals surface area contributed by atoms with E-state index in [9.17, 15) is 25.9 Å². The third kappa shape index (κ3) is 47.6. The molecule has 0 aromatic rings. The normalized spacial score (nSPS) is 11.2. The van der Waals surface area contributed by atoms with Crippen molar-refractivity contribution in [2.24, 2.45) is 0 Å². The molecule has 0 bridgehead atoms. The molecule has 0 unspecified atom stereocenters. The summed E-state index contributed by atoms with van der Waals surface area (Å²) in [6.07, 6.45) is 22.9. The summed E-state index contributed by atoms with van der Waals surface area (Å²) in [4.78, 5) is 0. The summed E-state index contributed by atoms with van der Waals surface area (Å²) in [5.74, 6) is -0.382. The minimum Gasteiger partial charge on any atom is -0.748 e. The fraction of sp³-hybridized carbons (Fsp3) is 1.00. The third-order valence-electron chi connectivity index (χ3n) is 5.50. The zero-order valence-electron chi connectivity index (χ0n) is 22.8. The molecule has 6 nitrogen and oxygen atoms in total. The summed E-state index contributed by atoms with van der Waals surface area (Å²) in [6, 6.07) is 0. The summed E-state index contributed by atoms with van der Waals surface area (Å²) in [6.45, 7) is 4.42. The number of hydrogen-bond acceptors (Lipinski definition) is 6. The maximum atomic E-state index is 10.3. The summed E-state index contributed by atoms with van der Waals surface area (Å²) in [5, 5.41) is 0. The smallest absolute Gasteiger partial charge is 0.748 e. The van der Waals surface area contributed by atoms with Gasteiger partial charge in [0, 0.05) is 11.5 Å². The quantitative estimate of drug-likeness (QED) is 0.110. The topological polar surface area (TPSA) is 114 Å². The Morgan fingerprint density at radius 3 is 0.765 bits per heavy atom. The first-order valence-electron chi connectivity index (χ1n) is 13.0. The van der Waals surface area contributed by atoms with E-state index in [1.54, 1.807) is 0 Å². The Bertz CT molecular complexity index is 534. The van der Waals surface area contributed by atoms with Gasteiger partial charge < -0.3 is 9.11 Å². The van der Waals surface area contributed by atoms with E-state index in [-0.39, 0.29) is 92.4 Å². The first kappa shape index (κ1) is 43.5. The average molecular weight is 561 g/mol. The Morgan fingerprint density at radius 1 is 0.412 bits per heavy atom. The molecule has 10 heteroatoms. The molecular formula is C24H50KNaO6S2. The van der Waals surface area contributed by atoms with Crippen molar-refractivity contribution in [2.75, 3.05) is 11.5 Å². The van der Waals surface area contributed by atoms with Crippen LogP contribution in [0.3, 0.4) is 0 Å². The molecule has 0 radical (unpaired) electrons. The second-order valence-electron chi connectivity index (χ2n) is 8.89. The molecule has 0 saturated carbocycles. The summed E-state index contributed by atoms with van der Waals surface area (Å²) in [7, 11) is -7.96. The number of unbranched alkanes of at least 4 members (excludes halogenated alkanes) is 18. The Labute approximate surface area is 277 Å². The Morgan fingerprint density at radius 2 is 0.588 bits per heavy atom. The van der Waals surface area contributed by atoms with E-state index in [0.29, 0.717) is 12.8 Å². The van der Waals surface area contributed by atoms with Crippen molar-refractivity contribution in [3.05, 3.63) is 0 Å². The van der Waals surface area contributed by atoms with Crippen LogP contribution in [0.2, 0.25) is 0 Å². The van der Waals surface area contributed by atoms with Gasteiger partial charge in [0.2, 0.25) is 0 Å². The Balaban J connectivity index is -0.000000250. The van der Waals surface area contributed by atoms with E-state index in [0.717, 1.165) is 25.7 Å². The SMILES string of the molecule is CCCCCCCCCCCCS(=O)(=O)[O-].CCCCCCCCCCCCS(=O)(=O)[O-].[K+].[Na+]. The van der Waals surface area contributed by atoms with Crippen LogP contribution in [0.25, 0.3) is 0 Å². The van der Waals surface area contributed by atoms with Gasteiger partial charge in [-0.3, -0.25) is 0 Å². The molecule has 0 heterocycles. The van der Waals surface area contributed by atoms with Crippen molar-refractivity contribution >= 4 is 20.2 Å². The van der Waals surface area contributed by atoms with Crippen LogP contribution < -0.4 is 80.9 Å². The zero-order valence-corrected chi connectivity index (χ0v) is 29.6. The van der Waals surface area contributed by atoms with Gasteiger partial charge in [-0.2, -0.15) is 0 Å². The van der Waals surface area contributed by atoms with Crippen molar-refractivity contribution in [1.29, 1.82) is 0 Å². The van der Waals surface area contributed by atoms with E-state index < -0.39 is 20.2 Å². The van der Waals surface area contributed by atoms with Gasteiger partial charge in [-0.1, -0.05) is 129 Å². The third-order valence-corrected chi connectivity index (χ3v) is 7.07. The van der Waals surface area contributed by atoms with Crippen LogP contribution in [-0.4, -0.2) is 37.4 Å². The van der Waals surface area contributed by atoms with Gasteiger partial charge in [0.25, 0.3) is 0 Å². The van der Waals surface area contributed by atoms with Crippen LogP contribution in [0.4, 0.5) is 0 Å². The van der Waals surface area contributed by atoms with Crippen molar-refractivity contribution < 1.29 is 107 Å². The second-order valence-corrected chi connectivity index (χ2v) is 11.9. The zero-order chi connectivity index (χ0) is 24.6. The first-order valence-corrected chi connectivity index (χ1v) is 16.1. The standard InChI is InChI=1S/2C12H26O3S.K.Na/c2*1-2-3-4-5-6-7-8-9-10-11-12-16(13,14)15;;/h2*2-12H2,1H3,(H,13,14,15);;/q;;2*+1/p-2. The number of rotatable bonds is 22. The molecule has 196 valence electrons. The molecule has 34 heavy (non-hydrogen) atoms. The Hall–Kier alpha value is 2.46. The van der Waals surface area contributed by atoms with Crippen LogP contribution in [0, 0.1) is 0 Å². The van der Waals surface area contributed by atoms with Gasteiger partial charge in [0.1, 0.15) is 0 Å². The van der Waals surface area contributed by atoms with Crippen LogP contribution >= 0.6 is 0 Å². The van der Waals surface area contributed by atoms with E-state index in [4.69, 9.17) is 0 Å². The number of hydrogen-bond donors (Lipinski definition) is 0. The van der Waals surface area contributed by atoms with Gasteiger partial charge in [-0.05, 0) is 12.8 Å². The van der Waals surface area contributed by atoms with Crippen LogP contribution in [0.5, 0.6) is 0 Å². The molecule has 0 aromatic heterocycles. The van der Waals surface area contributed by atoms with Gasteiger partial charge in [0.15, 0.2) is 0 Å². The molecule has 0 spiro atoms. The molecule has 0 aliphatic rings. The van der Waals surface area contributed by atoms with E-state index in [1.807, 2.05) is 0 Å². The summed E-state index contributed by atoms with van der Waals surface area (Å²) < 4.78 is 61.9. The maximum absolute atomic E-state index is 10.3. The van der Waals surface area contributed by atoms with E-state index in [2.05, 4.69) is 13.8 Å². The largest absolute Gasteiger partial charge is 1.00 e.